The Labute approximate surface area is 137 Å². The number of nitrogens with zero attached hydrogens (tertiary/aromatic N) is 1. The number of hydrogen-bond acceptors (Lipinski definition) is 5. The summed E-state index contributed by atoms with van der Waals surface area (Å²) in [5.74, 6) is 0.624. The van der Waals surface area contributed by atoms with E-state index in [4.69, 9.17) is 37.4 Å². The number of rotatable bonds is 5. The van der Waals surface area contributed by atoms with Gasteiger partial charge in [-0.05, 0) is 23.8 Å². The number of carbonyl (C=O) groups is 1. The molecule has 2 rings (SSSR count). The third kappa shape index (κ3) is 3.81. The Morgan fingerprint density at radius 3 is 2.50 bits per heavy atom. The van der Waals surface area contributed by atoms with Crippen LogP contribution in [0.2, 0.25) is 10.2 Å². The highest BCUT2D eigenvalue weighted by Gasteiger charge is 2.12. The highest BCUT2D eigenvalue weighted by molar-refractivity contribution is 6.41. The fraction of sp³-hybridized carbons (Fsp3) is 0.200. The van der Waals surface area contributed by atoms with Crippen LogP contribution in [0, 0.1) is 0 Å². The van der Waals surface area contributed by atoms with Crippen LogP contribution in [0.1, 0.15) is 15.9 Å². The van der Waals surface area contributed by atoms with Crippen LogP contribution < -0.4 is 9.47 Å². The maximum Gasteiger partial charge on any atom is 0.340 e. The molecule has 0 radical (unpaired) electrons. The predicted octanol–water partition coefficient (Wildman–Crippen LogP) is 3.76. The quantitative estimate of drug-likeness (QED) is 0.612. The molecule has 0 saturated carbocycles. The van der Waals surface area contributed by atoms with Gasteiger partial charge in [0, 0.05) is 6.20 Å². The fourth-order valence-corrected chi connectivity index (χ4v) is 2.01. The summed E-state index contributed by atoms with van der Waals surface area (Å²) in [4.78, 5) is 15.7. The van der Waals surface area contributed by atoms with E-state index in [1.165, 1.54) is 19.4 Å². The molecule has 2 aromatic rings. The van der Waals surface area contributed by atoms with Gasteiger partial charge in [0.2, 0.25) is 0 Å². The van der Waals surface area contributed by atoms with Crippen molar-refractivity contribution in [1.82, 2.24) is 4.98 Å². The standard InChI is InChI=1S/C15H13Cl2NO4/c1-20-12-4-3-9(5-13(12)21-2)8-22-15(19)10-6-11(16)14(17)18-7-10/h3-7H,8H2,1-2H3. The van der Waals surface area contributed by atoms with Gasteiger partial charge in [-0.3, -0.25) is 0 Å². The van der Waals surface area contributed by atoms with Crippen molar-refractivity contribution in [2.75, 3.05) is 14.2 Å². The van der Waals surface area contributed by atoms with Crippen LogP contribution >= 0.6 is 23.2 Å². The second kappa shape index (κ2) is 7.33. The first-order valence-corrected chi connectivity index (χ1v) is 6.99. The van der Waals surface area contributed by atoms with E-state index in [-0.39, 0.29) is 22.3 Å². The van der Waals surface area contributed by atoms with Crippen LogP contribution in [0.5, 0.6) is 11.5 Å². The summed E-state index contributed by atoms with van der Waals surface area (Å²) in [6.45, 7) is 0.0828. The lowest BCUT2D eigenvalue weighted by Crippen LogP contribution is -2.06. The topological polar surface area (TPSA) is 57.7 Å². The fourth-order valence-electron chi connectivity index (χ4n) is 1.74. The zero-order valence-electron chi connectivity index (χ0n) is 11.9. The number of methoxy groups -OCH3 is 2. The minimum atomic E-state index is -0.541. The number of carbonyl (C=O) groups excluding carboxylic acids is 1. The number of esters is 1. The number of hydrogen-bond donors (Lipinski definition) is 0. The number of aromatic nitrogens is 1. The van der Waals surface area contributed by atoms with Crippen molar-refractivity contribution < 1.29 is 19.0 Å². The third-order valence-electron chi connectivity index (χ3n) is 2.85. The summed E-state index contributed by atoms with van der Waals surface area (Å²) in [7, 11) is 3.09. The Morgan fingerprint density at radius 2 is 1.86 bits per heavy atom. The number of pyridine rings is 1. The Bertz CT molecular complexity index is 691. The van der Waals surface area contributed by atoms with Gasteiger partial charge in [-0.25, -0.2) is 9.78 Å². The first-order chi connectivity index (χ1) is 10.5. The highest BCUT2D eigenvalue weighted by Crippen LogP contribution is 2.28. The molecule has 0 fully saturated rings. The normalized spacial score (nSPS) is 10.2. The molecule has 0 amide bonds. The molecule has 0 bridgehead atoms. The van der Waals surface area contributed by atoms with Crippen molar-refractivity contribution in [3.8, 4) is 11.5 Å². The summed E-state index contributed by atoms with van der Waals surface area (Å²) in [6.07, 6.45) is 1.31. The second-order valence-corrected chi connectivity index (χ2v) is 5.03. The minimum Gasteiger partial charge on any atom is -0.493 e. The minimum absolute atomic E-state index is 0.0828. The molecular formula is C15H13Cl2NO4. The average molecular weight is 342 g/mol. The van der Waals surface area contributed by atoms with Gasteiger partial charge in [0.25, 0.3) is 0 Å². The molecule has 0 aliphatic heterocycles. The zero-order chi connectivity index (χ0) is 16.1. The van der Waals surface area contributed by atoms with Gasteiger partial charge in [-0.2, -0.15) is 0 Å². The summed E-state index contributed by atoms with van der Waals surface area (Å²) >= 11 is 11.5. The van der Waals surface area contributed by atoms with Crippen LogP contribution in [-0.2, 0) is 11.3 Å². The molecule has 7 heteroatoms. The van der Waals surface area contributed by atoms with E-state index in [1.54, 1.807) is 25.3 Å². The Morgan fingerprint density at radius 1 is 1.14 bits per heavy atom. The third-order valence-corrected chi connectivity index (χ3v) is 3.54. The molecule has 1 aromatic carbocycles. The molecule has 0 unspecified atom stereocenters. The first kappa shape index (κ1) is 16.4. The number of halogens is 2. The van der Waals surface area contributed by atoms with Crippen LogP contribution in [0.25, 0.3) is 0 Å². The lowest BCUT2D eigenvalue weighted by Gasteiger charge is -2.10. The van der Waals surface area contributed by atoms with Crippen molar-refractivity contribution in [3.05, 3.63) is 51.8 Å². The Kier molecular flexibility index (Phi) is 5.46. The number of ether oxygens (including phenoxy) is 3. The molecule has 0 saturated heterocycles. The van der Waals surface area contributed by atoms with E-state index in [1.807, 2.05) is 0 Å². The SMILES string of the molecule is COc1ccc(COC(=O)c2cnc(Cl)c(Cl)c2)cc1OC. The molecule has 1 aromatic heterocycles. The largest absolute Gasteiger partial charge is 0.493 e. The van der Waals surface area contributed by atoms with E-state index >= 15 is 0 Å². The molecule has 116 valence electrons. The van der Waals surface area contributed by atoms with Gasteiger partial charge in [-0.1, -0.05) is 29.3 Å². The Balaban J connectivity index is 2.06. The van der Waals surface area contributed by atoms with Gasteiger partial charge in [0.15, 0.2) is 11.5 Å². The maximum atomic E-state index is 11.9. The second-order valence-electron chi connectivity index (χ2n) is 4.26. The molecule has 0 aliphatic carbocycles. The van der Waals surface area contributed by atoms with E-state index < -0.39 is 5.97 Å². The van der Waals surface area contributed by atoms with Gasteiger partial charge in [-0.15, -0.1) is 0 Å². The van der Waals surface area contributed by atoms with E-state index in [0.717, 1.165) is 5.56 Å². The zero-order valence-corrected chi connectivity index (χ0v) is 13.4. The monoisotopic (exact) mass is 341 g/mol. The van der Waals surface area contributed by atoms with Crippen molar-refractivity contribution in [2.24, 2.45) is 0 Å². The van der Waals surface area contributed by atoms with Crippen molar-refractivity contribution in [2.45, 2.75) is 6.61 Å². The average Bonchev–Trinajstić information content (AvgIpc) is 2.54. The number of benzene rings is 1. The molecule has 0 spiro atoms. The predicted molar refractivity (Wildman–Crippen MR) is 82.9 cm³/mol. The van der Waals surface area contributed by atoms with Gasteiger partial charge >= 0.3 is 5.97 Å². The van der Waals surface area contributed by atoms with Gasteiger partial charge in [0.1, 0.15) is 11.8 Å². The molecule has 1 heterocycles. The van der Waals surface area contributed by atoms with Crippen molar-refractivity contribution in [3.63, 3.8) is 0 Å². The van der Waals surface area contributed by atoms with Gasteiger partial charge < -0.3 is 14.2 Å². The smallest absolute Gasteiger partial charge is 0.340 e. The summed E-state index contributed by atoms with van der Waals surface area (Å²) < 4.78 is 15.5. The summed E-state index contributed by atoms with van der Waals surface area (Å²) in [6, 6.07) is 6.66. The maximum absolute atomic E-state index is 11.9. The van der Waals surface area contributed by atoms with Crippen LogP contribution in [0.15, 0.2) is 30.5 Å². The van der Waals surface area contributed by atoms with Gasteiger partial charge in [0.05, 0.1) is 24.8 Å². The summed E-state index contributed by atoms with van der Waals surface area (Å²) in [5, 5.41) is 0.334. The first-order valence-electron chi connectivity index (χ1n) is 6.24. The van der Waals surface area contributed by atoms with Crippen molar-refractivity contribution >= 4 is 29.2 Å². The van der Waals surface area contributed by atoms with E-state index in [2.05, 4.69) is 4.98 Å². The van der Waals surface area contributed by atoms with Crippen LogP contribution in [0.3, 0.4) is 0 Å². The van der Waals surface area contributed by atoms with E-state index in [0.29, 0.717) is 11.5 Å². The molecule has 0 N–H and O–H groups in total. The lowest BCUT2D eigenvalue weighted by atomic mass is 10.2. The van der Waals surface area contributed by atoms with Crippen molar-refractivity contribution in [1.29, 1.82) is 0 Å². The molecule has 0 aliphatic rings. The molecule has 5 nitrogen and oxygen atoms in total. The van der Waals surface area contributed by atoms with Crippen LogP contribution in [0.4, 0.5) is 0 Å². The van der Waals surface area contributed by atoms with Crippen LogP contribution in [-0.4, -0.2) is 25.2 Å². The lowest BCUT2D eigenvalue weighted by molar-refractivity contribution is 0.0472. The van der Waals surface area contributed by atoms with E-state index in [9.17, 15) is 4.79 Å². The molecule has 22 heavy (non-hydrogen) atoms. The highest BCUT2D eigenvalue weighted by atomic mass is 35.5. The Hall–Kier alpha value is -1.98. The molecule has 0 atom stereocenters. The summed E-state index contributed by atoms with van der Waals surface area (Å²) in [5.41, 5.74) is 0.994. The molecular weight excluding hydrogens is 329 g/mol.